The van der Waals surface area contributed by atoms with E-state index in [-0.39, 0.29) is 29.2 Å². The van der Waals surface area contributed by atoms with Gasteiger partial charge in [0.1, 0.15) is 0 Å². The number of hydrogen-bond acceptors (Lipinski definition) is 4. The Morgan fingerprint density at radius 3 is 2.54 bits per heavy atom. The smallest absolute Gasteiger partial charge is 0.404 e. The van der Waals surface area contributed by atoms with Crippen LogP contribution < -0.4 is 21.5 Å². The zero-order valence-electron chi connectivity index (χ0n) is 15.5. The highest BCUT2D eigenvalue weighted by Gasteiger charge is 2.32. The van der Waals surface area contributed by atoms with Crippen LogP contribution in [0.5, 0.6) is 5.75 Å². The average molecular weight is 401 g/mol. The van der Waals surface area contributed by atoms with Gasteiger partial charge in [0, 0.05) is 12.5 Å². The van der Waals surface area contributed by atoms with E-state index in [2.05, 4.69) is 19.9 Å². The van der Waals surface area contributed by atoms with Crippen LogP contribution >= 0.6 is 0 Å². The molecular weight excluding hydrogens is 375 g/mol. The number of nitrogens with zero attached hydrogens (tertiary/aromatic N) is 2. The number of nitrogens with one attached hydrogen (secondary N) is 1. The van der Waals surface area contributed by atoms with Crippen LogP contribution in [0.4, 0.5) is 18.9 Å². The van der Waals surface area contributed by atoms with Crippen molar-refractivity contribution in [2.45, 2.75) is 32.0 Å². The minimum atomic E-state index is -4.78. The highest BCUT2D eigenvalue weighted by atomic mass is 19.4. The minimum absolute atomic E-state index is 0.0177. The fourth-order valence-electron chi connectivity index (χ4n) is 3.05. The van der Waals surface area contributed by atoms with Crippen LogP contribution in [0, 0.1) is 5.92 Å². The number of primary amides is 1. The summed E-state index contributed by atoms with van der Waals surface area (Å²) in [5.41, 5.74) is 11.2. The molecule has 7 nitrogen and oxygen atoms in total. The zero-order chi connectivity index (χ0) is 20.6. The van der Waals surface area contributed by atoms with Crippen LogP contribution in [0.25, 0.3) is 0 Å². The number of carbonyl (C=O) groups is 1. The number of hydrogen-bond donors (Lipinski definition) is 3. The molecule has 1 saturated heterocycles. The predicted octanol–water partition coefficient (Wildman–Crippen LogP) is 2.29. The molecule has 0 aromatic heterocycles. The van der Waals surface area contributed by atoms with Gasteiger partial charge in [0.2, 0.25) is 5.91 Å². The first-order valence-corrected chi connectivity index (χ1v) is 9.18. The number of benzene rings is 1. The Labute approximate surface area is 161 Å². The van der Waals surface area contributed by atoms with Gasteiger partial charge in [-0.1, -0.05) is 12.1 Å². The molecule has 0 atom stereocenters. The summed E-state index contributed by atoms with van der Waals surface area (Å²) in [4.78, 5) is 17.6. The molecule has 1 amide bonds. The number of amides is 1. The molecule has 10 heteroatoms. The lowest BCUT2D eigenvalue weighted by Crippen LogP contribution is -2.38. The third-order valence-corrected chi connectivity index (χ3v) is 4.53. The molecule has 1 aliphatic heterocycles. The summed E-state index contributed by atoms with van der Waals surface area (Å²) >= 11 is 0. The average Bonchev–Trinajstić information content (AvgIpc) is 2.62. The molecule has 0 unspecified atom stereocenters. The van der Waals surface area contributed by atoms with E-state index in [1.165, 1.54) is 18.2 Å². The SMILES string of the molecule is NC(=O)C1CCN(CCCCN=C(N)Nc2ccccc2OC(F)(F)F)CC1. The maximum absolute atomic E-state index is 12.4. The van der Waals surface area contributed by atoms with Gasteiger partial charge in [-0.25, -0.2) is 0 Å². The van der Waals surface area contributed by atoms with E-state index >= 15 is 0 Å². The van der Waals surface area contributed by atoms with Gasteiger partial charge in [-0.15, -0.1) is 13.2 Å². The standard InChI is InChI=1S/C18H26F3N5O2/c19-18(20,21)28-15-6-2-1-5-14(15)25-17(23)24-9-3-4-10-26-11-7-13(8-12-26)16(22)27/h1-2,5-6,13H,3-4,7-12H2,(H2,22,27)(H3,23,24,25). The van der Waals surface area contributed by atoms with Crippen LogP contribution in [-0.2, 0) is 4.79 Å². The number of rotatable bonds is 8. The highest BCUT2D eigenvalue weighted by Crippen LogP contribution is 2.29. The van der Waals surface area contributed by atoms with Gasteiger partial charge in [0.15, 0.2) is 11.7 Å². The summed E-state index contributed by atoms with van der Waals surface area (Å²) in [7, 11) is 0. The first-order valence-electron chi connectivity index (χ1n) is 9.18. The van der Waals surface area contributed by atoms with E-state index < -0.39 is 6.36 Å². The number of halogens is 3. The number of para-hydroxylation sites is 2. The molecule has 0 spiro atoms. The van der Waals surface area contributed by atoms with Crippen molar-refractivity contribution in [3.05, 3.63) is 24.3 Å². The Morgan fingerprint density at radius 2 is 1.89 bits per heavy atom. The molecule has 156 valence electrons. The monoisotopic (exact) mass is 401 g/mol. The number of likely N-dealkylation sites (tertiary alicyclic amines) is 1. The van der Waals surface area contributed by atoms with E-state index in [4.69, 9.17) is 11.5 Å². The van der Waals surface area contributed by atoms with Crippen LogP contribution in [0.2, 0.25) is 0 Å². The number of piperidine rings is 1. The van der Waals surface area contributed by atoms with Gasteiger partial charge in [0.25, 0.3) is 0 Å². The van der Waals surface area contributed by atoms with E-state index in [0.717, 1.165) is 45.3 Å². The second kappa shape index (κ2) is 10.2. The second-order valence-corrected chi connectivity index (χ2v) is 6.66. The first-order chi connectivity index (χ1) is 13.2. The maximum atomic E-state index is 12.4. The van der Waals surface area contributed by atoms with Gasteiger partial charge in [-0.2, -0.15) is 0 Å². The van der Waals surface area contributed by atoms with E-state index in [9.17, 15) is 18.0 Å². The van der Waals surface area contributed by atoms with Crippen molar-refractivity contribution in [2.75, 3.05) is 31.5 Å². The molecule has 0 saturated carbocycles. The van der Waals surface area contributed by atoms with Gasteiger partial charge in [-0.3, -0.25) is 9.79 Å². The molecule has 1 aromatic carbocycles. The lowest BCUT2D eigenvalue weighted by molar-refractivity contribution is -0.274. The fourth-order valence-corrected chi connectivity index (χ4v) is 3.05. The van der Waals surface area contributed by atoms with Crippen molar-refractivity contribution in [2.24, 2.45) is 22.4 Å². The number of anilines is 1. The van der Waals surface area contributed by atoms with Crippen molar-refractivity contribution in [1.29, 1.82) is 0 Å². The van der Waals surface area contributed by atoms with Crippen LogP contribution in [-0.4, -0.2) is 49.3 Å². The Hall–Kier alpha value is -2.49. The summed E-state index contributed by atoms with van der Waals surface area (Å²) in [6, 6.07) is 5.63. The Balaban J connectivity index is 1.70. The molecule has 1 fully saturated rings. The largest absolute Gasteiger partial charge is 0.573 e. The molecule has 1 aromatic rings. The fraction of sp³-hybridized carbons (Fsp3) is 0.556. The topological polar surface area (TPSA) is 106 Å². The molecule has 0 aliphatic carbocycles. The van der Waals surface area contributed by atoms with Crippen molar-refractivity contribution in [1.82, 2.24) is 4.90 Å². The third kappa shape index (κ3) is 7.63. The summed E-state index contributed by atoms with van der Waals surface area (Å²) < 4.78 is 41.2. The van der Waals surface area contributed by atoms with Gasteiger partial charge >= 0.3 is 6.36 Å². The Morgan fingerprint density at radius 1 is 1.21 bits per heavy atom. The lowest BCUT2D eigenvalue weighted by Gasteiger charge is -2.30. The Bertz CT molecular complexity index is 673. The lowest BCUT2D eigenvalue weighted by atomic mass is 9.96. The quantitative estimate of drug-likeness (QED) is 0.352. The van der Waals surface area contributed by atoms with E-state index in [1.54, 1.807) is 6.07 Å². The van der Waals surface area contributed by atoms with E-state index in [1.807, 2.05) is 0 Å². The third-order valence-electron chi connectivity index (χ3n) is 4.53. The minimum Gasteiger partial charge on any atom is -0.404 e. The van der Waals surface area contributed by atoms with Crippen molar-refractivity contribution < 1.29 is 22.7 Å². The highest BCUT2D eigenvalue weighted by molar-refractivity contribution is 5.93. The van der Waals surface area contributed by atoms with Gasteiger partial charge in [-0.05, 0) is 57.5 Å². The summed E-state index contributed by atoms with van der Waals surface area (Å²) in [6.45, 7) is 3.07. The number of carbonyl (C=O) groups excluding carboxylic acids is 1. The van der Waals surface area contributed by atoms with Crippen molar-refractivity contribution in [3.8, 4) is 5.75 Å². The van der Waals surface area contributed by atoms with Crippen LogP contribution in [0.1, 0.15) is 25.7 Å². The number of nitrogens with two attached hydrogens (primary N) is 2. The summed E-state index contributed by atoms with van der Waals surface area (Å²) in [6.07, 6.45) is -1.49. The van der Waals surface area contributed by atoms with Crippen LogP contribution in [0.3, 0.4) is 0 Å². The Kier molecular flexibility index (Phi) is 7.91. The summed E-state index contributed by atoms with van der Waals surface area (Å²) in [5, 5.41) is 2.64. The number of ether oxygens (including phenoxy) is 1. The van der Waals surface area contributed by atoms with Crippen molar-refractivity contribution in [3.63, 3.8) is 0 Å². The molecule has 0 bridgehead atoms. The number of aliphatic imine (C=N–C) groups is 1. The van der Waals surface area contributed by atoms with Crippen LogP contribution in [0.15, 0.2) is 29.3 Å². The summed E-state index contributed by atoms with van der Waals surface area (Å²) in [5.74, 6) is -0.580. The number of unbranched alkanes of at least 4 members (excludes halogenated alkanes) is 1. The van der Waals surface area contributed by atoms with Gasteiger partial charge in [0.05, 0.1) is 5.69 Å². The molecule has 5 N–H and O–H groups in total. The molecular formula is C18H26F3N5O2. The zero-order valence-corrected chi connectivity index (χ0v) is 15.5. The maximum Gasteiger partial charge on any atom is 0.573 e. The number of guanidine groups is 1. The van der Waals surface area contributed by atoms with E-state index in [0.29, 0.717) is 6.54 Å². The second-order valence-electron chi connectivity index (χ2n) is 6.66. The molecule has 28 heavy (non-hydrogen) atoms. The normalized spacial score (nSPS) is 16.8. The predicted molar refractivity (Wildman–Crippen MR) is 101 cm³/mol. The molecule has 2 rings (SSSR count). The molecule has 1 heterocycles. The van der Waals surface area contributed by atoms with Crippen molar-refractivity contribution >= 4 is 17.6 Å². The van der Waals surface area contributed by atoms with Gasteiger partial charge < -0.3 is 26.4 Å². The molecule has 1 aliphatic rings. The first kappa shape index (κ1) is 21.8. The number of alkyl halides is 3. The molecule has 0 radical (unpaired) electrons.